The fourth-order valence-electron chi connectivity index (χ4n) is 1.73. The number of benzene rings is 1. The standard InChI is InChI=1S/C8H9NO2.C8H17NO2/c9-5-6-1-3-7(4-2-6)8(10)11;9-7-5-3-1-2-4-6-8(10)11/h1-4H,5,9H2,(H,10,11);1-7,9H2,(H,10,11). The highest BCUT2D eigenvalue weighted by molar-refractivity contribution is 5.87. The summed E-state index contributed by atoms with van der Waals surface area (Å²) in [5.74, 6) is -1.60. The Morgan fingerprint density at radius 1 is 0.864 bits per heavy atom. The zero-order valence-electron chi connectivity index (χ0n) is 12.8. The summed E-state index contributed by atoms with van der Waals surface area (Å²) in [5, 5.41) is 16.8. The molecule has 0 aliphatic carbocycles. The van der Waals surface area contributed by atoms with Crippen LogP contribution in [0.2, 0.25) is 0 Å². The van der Waals surface area contributed by atoms with Gasteiger partial charge in [0, 0.05) is 13.0 Å². The van der Waals surface area contributed by atoms with Crippen molar-refractivity contribution in [3.63, 3.8) is 0 Å². The van der Waals surface area contributed by atoms with E-state index >= 15 is 0 Å². The van der Waals surface area contributed by atoms with E-state index in [0.29, 0.717) is 18.5 Å². The molecule has 1 aromatic carbocycles. The molecule has 0 atom stereocenters. The molecule has 0 aliphatic heterocycles. The second-order valence-electron chi connectivity index (χ2n) is 4.91. The van der Waals surface area contributed by atoms with E-state index in [2.05, 4.69) is 0 Å². The van der Waals surface area contributed by atoms with Gasteiger partial charge in [-0.25, -0.2) is 4.79 Å². The Hall–Kier alpha value is -1.92. The molecule has 6 N–H and O–H groups in total. The molecule has 0 amide bonds. The average molecular weight is 310 g/mol. The van der Waals surface area contributed by atoms with Crippen LogP contribution in [-0.2, 0) is 11.3 Å². The van der Waals surface area contributed by atoms with E-state index in [1.165, 1.54) is 0 Å². The Labute approximate surface area is 131 Å². The van der Waals surface area contributed by atoms with Crippen LogP contribution < -0.4 is 11.5 Å². The van der Waals surface area contributed by atoms with Gasteiger partial charge < -0.3 is 21.7 Å². The summed E-state index contributed by atoms with van der Waals surface area (Å²) in [4.78, 5) is 20.4. The first-order chi connectivity index (χ1) is 10.5. The smallest absolute Gasteiger partial charge is 0.335 e. The zero-order valence-corrected chi connectivity index (χ0v) is 12.8. The minimum absolute atomic E-state index is 0.294. The molecule has 0 radical (unpaired) electrons. The van der Waals surface area contributed by atoms with Crippen LogP contribution in [0.25, 0.3) is 0 Å². The third-order valence-electron chi connectivity index (χ3n) is 3.03. The van der Waals surface area contributed by atoms with Crippen LogP contribution in [0.4, 0.5) is 0 Å². The monoisotopic (exact) mass is 310 g/mol. The van der Waals surface area contributed by atoms with E-state index < -0.39 is 11.9 Å². The summed E-state index contributed by atoms with van der Waals surface area (Å²) in [7, 11) is 0. The molecule has 124 valence electrons. The molecule has 0 heterocycles. The Balaban J connectivity index is 0.000000401. The van der Waals surface area contributed by atoms with Gasteiger partial charge in [-0.3, -0.25) is 4.79 Å². The lowest BCUT2D eigenvalue weighted by Crippen LogP contribution is -1.99. The molecule has 0 bridgehead atoms. The second kappa shape index (κ2) is 12.8. The van der Waals surface area contributed by atoms with Crippen molar-refractivity contribution >= 4 is 11.9 Å². The maximum atomic E-state index is 10.4. The zero-order chi connectivity index (χ0) is 16.8. The maximum absolute atomic E-state index is 10.4. The molecule has 1 rings (SSSR count). The minimum Gasteiger partial charge on any atom is -0.481 e. The van der Waals surface area contributed by atoms with Crippen molar-refractivity contribution in [3.8, 4) is 0 Å². The van der Waals surface area contributed by atoms with Crippen molar-refractivity contribution in [2.45, 2.75) is 45.1 Å². The lowest BCUT2D eigenvalue weighted by atomic mass is 10.1. The third kappa shape index (κ3) is 10.8. The maximum Gasteiger partial charge on any atom is 0.335 e. The quantitative estimate of drug-likeness (QED) is 0.518. The number of aromatic carboxylic acids is 1. The average Bonchev–Trinajstić information content (AvgIpc) is 2.51. The van der Waals surface area contributed by atoms with E-state index in [9.17, 15) is 9.59 Å². The first-order valence-corrected chi connectivity index (χ1v) is 7.45. The number of rotatable bonds is 9. The predicted octanol–water partition coefficient (Wildman–Crippen LogP) is 2.21. The van der Waals surface area contributed by atoms with E-state index in [0.717, 1.165) is 44.2 Å². The molecular weight excluding hydrogens is 284 g/mol. The highest BCUT2D eigenvalue weighted by atomic mass is 16.4. The summed E-state index contributed by atoms with van der Waals surface area (Å²) < 4.78 is 0. The van der Waals surface area contributed by atoms with Gasteiger partial charge in [0.15, 0.2) is 0 Å². The van der Waals surface area contributed by atoms with Crippen LogP contribution in [0.1, 0.15) is 54.4 Å². The highest BCUT2D eigenvalue weighted by Crippen LogP contribution is 2.04. The van der Waals surface area contributed by atoms with Crippen LogP contribution in [0, 0.1) is 0 Å². The molecule has 0 unspecified atom stereocenters. The molecule has 0 spiro atoms. The van der Waals surface area contributed by atoms with Gasteiger partial charge in [-0.1, -0.05) is 31.4 Å². The van der Waals surface area contributed by atoms with Gasteiger partial charge in [0.1, 0.15) is 0 Å². The fraction of sp³-hybridized carbons (Fsp3) is 0.500. The molecule has 0 saturated carbocycles. The number of nitrogens with two attached hydrogens (primary N) is 2. The Morgan fingerprint density at radius 3 is 1.86 bits per heavy atom. The molecule has 0 aliphatic rings. The van der Waals surface area contributed by atoms with Crippen LogP contribution in [-0.4, -0.2) is 28.7 Å². The lowest BCUT2D eigenvalue weighted by molar-refractivity contribution is -0.137. The summed E-state index contributed by atoms with van der Waals surface area (Å²) in [5.41, 5.74) is 11.9. The number of hydrogen-bond donors (Lipinski definition) is 4. The SMILES string of the molecule is NCCCCCCCC(=O)O.NCc1ccc(C(=O)O)cc1. The number of carboxylic acid groups (broad SMARTS) is 2. The Kier molecular flexibility index (Phi) is 11.7. The second-order valence-corrected chi connectivity index (χ2v) is 4.91. The van der Waals surface area contributed by atoms with Crippen molar-refractivity contribution in [3.05, 3.63) is 35.4 Å². The topological polar surface area (TPSA) is 127 Å². The van der Waals surface area contributed by atoms with E-state index in [1.807, 2.05) is 0 Å². The lowest BCUT2D eigenvalue weighted by Gasteiger charge is -1.97. The van der Waals surface area contributed by atoms with Gasteiger partial charge in [-0.15, -0.1) is 0 Å². The van der Waals surface area contributed by atoms with Crippen LogP contribution >= 0.6 is 0 Å². The predicted molar refractivity (Wildman–Crippen MR) is 85.7 cm³/mol. The van der Waals surface area contributed by atoms with E-state index in [1.54, 1.807) is 24.3 Å². The number of aliphatic carboxylic acids is 1. The van der Waals surface area contributed by atoms with Crippen LogP contribution in [0.3, 0.4) is 0 Å². The van der Waals surface area contributed by atoms with Crippen molar-refractivity contribution in [2.75, 3.05) is 6.54 Å². The van der Waals surface area contributed by atoms with Crippen molar-refractivity contribution in [1.82, 2.24) is 0 Å². The third-order valence-corrected chi connectivity index (χ3v) is 3.03. The normalized spacial score (nSPS) is 9.73. The van der Waals surface area contributed by atoms with Gasteiger partial charge in [0.05, 0.1) is 5.56 Å². The molecule has 1 aromatic rings. The summed E-state index contributed by atoms with van der Waals surface area (Å²) in [6.45, 7) is 1.19. The number of unbranched alkanes of at least 4 members (excludes halogenated alkanes) is 4. The molecule has 6 heteroatoms. The molecule has 0 fully saturated rings. The van der Waals surface area contributed by atoms with E-state index in [4.69, 9.17) is 21.7 Å². The Morgan fingerprint density at radius 2 is 1.41 bits per heavy atom. The van der Waals surface area contributed by atoms with Gasteiger partial charge in [-0.05, 0) is 37.1 Å². The van der Waals surface area contributed by atoms with Crippen molar-refractivity contribution in [2.24, 2.45) is 11.5 Å². The number of hydrogen-bond acceptors (Lipinski definition) is 4. The summed E-state index contributed by atoms with van der Waals surface area (Å²) in [6, 6.07) is 6.52. The van der Waals surface area contributed by atoms with Crippen LogP contribution in [0.15, 0.2) is 24.3 Å². The number of carbonyl (C=O) groups is 2. The Bertz CT molecular complexity index is 432. The van der Waals surface area contributed by atoms with Gasteiger partial charge in [0.2, 0.25) is 0 Å². The largest absolute Gasteiger partial charge is 0.481 e. The van der Waals surface area contributed by atoms with Crippen molar-refractivity contribution in [1.29, 1.82) is 0 Å². The molecule has 6 nitrogen and oxygen atoms in total. The van der Waals surface area contributed by atoms with Gasteiger partial charge in [0.25, 0.3) is 0 Å². The molecule has 0 saturated heterocycles. The minimum atomic E-state index is -0.909. The summed E-state index contributed by atoms with van der Waals surface area (Å²) >= 11 is 0. The van der Waals surface area contributed by atoms with E-state index in [-0.39, 0.29) is 0 Å². The fourth-order valence-corrected chi connectivity index (χ4v) is 1.73. The van der Waals surface area contributed by atoms with Crippen LogP contribution in [0.5, 0.6) is 0 Å². The first-order valence-electron chi connectivity index (χ1n) is 7.45. The van der Waals surface area contributed by atoms with Gasteiger partial charge >= 0.3 is 11.9 Å². The number of carboxylic acids is 2. The molecular formula is C16H26N2O4. The van der Waals surface area contributed by atoms with Crippen molar-refractivity contribution < 1.29 is 19.8 Å². The van der Waals surface area contributed by atoms with Gasteiger partial charge in [-0.2, -0.15) is 0 Å². The molecule has 0 aromatic heterocycles. The highest BCUT2D eigenvalue weighted by Gasteiger charge is 1.99. The summed E-state index contributed by atoms with van der Waals surface area (Å²) in [6.07, 6.45) is 5.45. The first kappa shape index (κ1) is 20.1. The molecule has 22 heavy (non-hydrogen) atoms.